The first-order valence-electron chi connectivity index (χ1n) is 8.73. The average molecular weight is 328 g/mol. The van der Waals surface area contributed by atoms with Crippen molar-refractivity contribution in [3.05, 3.63) is 55.1 Å². The molecule has 130 valence electrons. The molecule has 1 aliphatic rings. The summed E-state index contributed by atoms with van der Waals surface area (Å²) in [5.41, 5.74) is 1.04. The van der Waals surface area contributed by atoms with Crippen molar-refractivity contribution in [3.63, 3.8) is 0 Å². The second-order valence-corrected chi connectivity index (χ2v) is 6.17. The summed E-state index contributed by atoms with van der Waals surface area (Å²) in [5.74, 6) is 0.891. The molecule has 2 rings (SSSR count). The van der Waals surface area contributed by atoms with Gasteiger partial charge in [-0.3, -0.25) is 0 Å². The van der Waals surface area contributed by atoms with Crippen LogP contribution in [-0.2, 0) is 6.54 Å². The molecule has 4 nitrogen and oxygen atoms in total. The summed E-state index contributed by atoms with van der Waals surface area (Å²) in [4.78, 5) is 13.8. The minimum Gasteiger partial charge on any atom is -0.490 e. The van der Waals surface area contributed by atoms with Crippen molar-refractivity contribution < 1.29 is 9.53 Å². The molecule has 1 N–H and O–H groups in total. The molecule has 0 unspecified atom stereocenters. The number of rotatable bonds is 8. The summed E-state index contributed by atoms with van der Waals surface area (Å²) < 4.78 is 6.08. The van der Waals surface area contributed by atoms with Gasteiger partial charge < -0.3 is 15.0 Å². The third-order valence-electron chi connectivity index (χ3n) is 4.18. The highest BCUT2D eigenvalue weighted by molar-refractivity contribution is 5.74. The van der Waals surface area contributed by atoms with E-state index in [1.165, 1.54) is 19.3 Å². The van der Waals surface area contributed by atoms with E-state index in [4.69, 9.17) is 4.74 Å². The Morgan fingerprint density at radius 1 is 1.21 bits per heavy atom. The van der Waals surface area contributed by atoms with Crippen LogP contribution in [0, 0.1) is 0 Å². The molecule has 1 aromatic carbocycles. The predicted molar refractivity (Wildman–Crippen MR) is 98.1 cm³/mol. The lowest BCUT2D eigenvalue weighted by Crippen LogP contribution is -2.39. The van der Waals surface area contributed by atoms with Gasteiger partial charge in [0.15, 0.2) is 0 Å². The highest BCUT2D eigenvalue weighted by Gasteiger charge is 2.15. The van der Waals surface area contributed by atoms with E-state index in [0.717, 1.165) is 24.2 Å². The molecule has 0 heterocycles. The van der Waals surface area contributed by atoms with E-state index in [0.29, 0.717) is 25.7 Å². The summed E-state index contributed by atoms with van der Waals surface area (Å²) in [5, 5.41) is 2.94. The van der Waals surface area contributed by atoms with Crippen molar-refractivity contribution >= 4 is 6.03 Å². The lowest BCUT2D eigenvalue weighted by molar-refractivity contribution is 0.155. The number of nitrogens with zero attached hydrogens (tertiary/aromatic N) is 1. The monoisotopic (exact) mass is 328 g/mol. The van der Waals surface area contributed by atoms with Crippen molar-refractivity contribution in [2.75, 3.05) is 13.1 Å². The fourth-order valence-electron chi connectivity index (χ4n) is 2.95. The zero-order chi connectivity index (χ0) is 17.2. The van der Waals surface area contributed by atoms with Crippen LogP contribution in [0.4, 0.5) is 4.79 Å². The second-order valence-electron chi connectivity index (χ2n) is 6.17. The van der Waals surface area contributed by atoms with Crippen LogP contribution in [0.2, 0.25) is 0 Å². The lowest BCUT2D eigenvalue weighted by atomic mass is 9.98. The van der Waals surface area contributed by atoms with E-state index < -0.39 is 0 Å². The maximum Gasteiger partial charge on any atom is 0.318 e. The Morgan fingerprint density at radius 2 is 1.92 bits per heavy atom. The Labute approximate surface area is 145 Å². The maximum absolute atomic E-state index is 12.2. The summed E-state index contributed by atoms with van der Waals surface area (Å²) in [6, 6.07) is 7.86. The normalized spacial score (nSPS) is 14.7. The molecule has 0 saturated heterocycles. The van der Waals surface area contributed by atoms with Crippen LogP contribution in [0.25, 0.3) is 0 Å². The number of hydrogen-bond acceptors (Lipinski definition) is 2. The van der Waals surface area contributed by atoms with Gasteiger partial charge in [0.1, 0.15) is 5.75 Å². The molecule has 0 aromatic heterocycles. The number of carbonyl (C=O) groups is 1. The summed E-state index contributed by atoms with van der Waals surface area (Å²) in [6.07, 6.45) is 9.85. The molecule has 4 heteroatoms. The van der Waals surface area contributed by atoms with Crippen LogP contribution in [-0.4, -0.2) is 30.1 Å². The molecule has 0 atom stereocenters. The number of ether oxygens (including phenoxy) is 1. The molecule has 1 aromatic rings. The second kappa shape index (κ2) is 9.81. The molecular weight excluding hydrogens is 300 g/mol. The standard InChI is InChI=1S/C20H28N2O2/c1-3-13-22(14-4-2)20(23)21-16-17-9-8-12-19(15-17)24-18-10-6-5-7-11-18/h3-4,8-9,12,15,18H,1-2,5-7,10-11,13-14,16H2,(H,21,23). The first kappa shape index (κ1) is 18.1. The van der Waals surface area contributed by atoms with Crippen LogP contribution in [0.5, 0.6) is 5.75 Å². The summed E-state index contributed by atoms with van der Waals surface area (Å²) >= 11 is 0. The molecule has 1 aliphatic carbocycles. The number of carbonyl (C=O) groups excluding carboxylic acids is 1. The SMILES string of the molecule is C=CCN(CC=C)C(=O)NCc1cccc(OC2CCCCC2)c1. The average Bonchev–Trinajstić information content (AvgIpc) is 2.61. The fraction of sp³-hybridized carbons (Fsp3) is 0.450. The van der Waals surface area contributed by atoms with Gasteiger partial charge in [0.05, 0.1) is 6.10 Å². The van der Waals surface area contributed by atoms with E-state index in [9.17, 15) is 4.79 Å². The van der Waals surface area contributed by atoms with Gasteiger partial charge in [-0.1, -0.05) is 30.7 Å². The topological polar surface area (TPSA) is 41.6 Å². The van der Waals surface area contributed by atoms with Gasteiger partial charge in [0.2, 0.25) is 0 Å². The Hall–Kier alpha value is -2.23. The van der Waals surface area contributed by atoms with E-state index in [-0.39, 0.29) is 6.03 Å². The Kier molecular flexibility index (Phi) is 7.40. The van der Waals surface area contributed by atoms with Gasteiger partial charge in [-0.15, -0.1) is 13.2 Å². The number of nitrogens with one attached hydrogen (secondary N) is 1. The van der Waals surface area contributed by atoms with Crippen LogP contribution >= 0.6 is 0 Å². The molecule has 2 amide bonds. The van der Waals surface area contributed by atoms with Crippen molar-refractivity contribution in [2.24, 2.45) is 0 Å². The van der Waals surface area contributed by atoms with Crippen LogP contribution in [0.3, 0.4) is 0 Å². The Balaban J connectivity index is 1.87. The van der Waals surface area contributed by atoms with Gasteiger partial charge in [0, 0.05) is 19.6 Å². The van der Waals surface area contributed by atoms with Crippen LogP contribution in [0.1, 0.15) is 37.7 Å². The van der Waals surface area contributed by atoms with Gasteiger partial charge in [-0.05, 0) is 43.4 Å². The van der Waals surface area contributed by atoms with E-state index in [2.05, 4.69) is 18.5 Å². The highest BCUT2D eigenvalue weighted by atomic mass is 16.5. The van der Waals surface area contributed by atoms with E-state index >= 15 is 0 Å². The lowest BCUT2D eigenvalue weighted by Gasteiger charge is -2.23. The van der Waals surface area contributed by atoms with Crippen molar-refractivity contribution in [2.45, 2.75) is 44.8 Å². The molecule has 1 fully saturated rings. The van der Waals surface area contributed by atoms with Gasteiger partial charge in [-0.2, -0.15) is 0 Å². The Bertz CT molecular complexity index is 540. The molecule has 0 spiro atoms. The van der Waals surface area contributed by atoms with Gasteiger partial charge in [-0.25, -0.2) is 4.79 Å². The molecule has 1 saturated carbocycles. The molecule has 0 bridgehead atoms. The smallest absolute Gasteiger partial charge is 0.318 e. The summed E-state index contributed by atoms with van der Waals surface area (Å²) in [7, 11) is 0. The quantitative estimate of drug-likeness (QED) is 0.724. The molecule has 24 heavy (non-hydrogen) atoms. The third-order valence-corrected chi connectivity index (χ3v) is 4.18. The first-order valence-corrected chi connectivity index (χ1v) is 8.73. The number of hydrogen-bond donors (Lipinski definition) is 1. The minimum absolute atomic E-state index is 0.117. The number of amides is 2. The van der Waals surface area contributed by atoms with Gasteiger partial charge >= 0.3 is 6.03 Å². The van der Waals surface area contributed by atoms with Crippen molar-refractivity contribution in [3.8, 4) is 5.75 Å². The van der Waals surface area contributed by atoms with Gasteiger partial charge in [0.25, 0.3) is 0 Å². The van der Waals surface area contributed by atoms with E-state index in [1.807, 2.05) is 24.3 Å². The largest absolute Gasteiger partial charge is 0.490 e. The zero-order valence-corrected chi connectivity index (χ0v) is 14.4. The van der Waals surface area contributed by atoms with Crippen LogP contribution in [0.15, 0.2) is 49.6 Å². The fourth-order valence-corrected chi connectivity index (χ4v) is 2.95. The maximum atomic E-state index is 12.2. The third kappa shape index (κ3) is 5.76. The highest BCUT2D eigenvalue weighted by Crippen LogP contribution is 2.23. The Morgan fingerprint density at radius 3 is 2.58 bits per heavy atom. The first-order chi connectivity index (χ1) is 11.7. The van der Waals surface area contributed by atoms with E-state index in [1.54, 1.807) is 17.1 Å². The predicted octanol–water partition coefficient (Wildman–Crippen LogP) is 4.28. The zero-order valence-electron chi connectivity index (χ0n) is 14.4. The number of urea groups is 1. The van der Waals surface area contributed by atoms with Crippen LogP contribution < -0.4 is 10.1 Å². The molecule has 0 aliphatic heterocycles. The minimum atomic E-state index is -0.117. The van der Waals surface area contributed by atoms with Crippen molar-refractivity contribution in [1.29, 1.82) is 0 Å². The molecular formula is C20H28N2O2. The van der Waals surface area contributed by atoms with Crippen molar-refractivity contribution in [1.82, 2.24) is 10.2 Å². The summed E-state index contributed by atoms with van der Waals surface area (Å²) in [6.45, 7) is 8.84. The number of benzene rings is 1. The molecule has 0 radical (unpaired) electrons.